The topological polar surface area (TPSA) is 92.5 Å². The molecule has 2 heterocycles. The molecule has 0 radical (unpaired) electrons. The van der Waals surface area contributed by atoms with Crippen LogP contribution < -0.4 is 5.32 Å². The van der Waals surface area contributed by atoms with E-state index < -0.39 is 0 Å². The molecule has 30 heavy (non-hydrogen) atoms. The zero-order valence-electron chi connectivity index (χ0n) is 18.5. The molecule has 1 N–H and O–H groups in total. The second-order valence-corrected chi connectivity index (χ2v) is 8.97. The van der Waals surface area contributed by atoms with Crippen LogP contribution in [0.15, 0.2) is 22.6 Å². The molecule has 1 aromatic carbocycles. The average Bonchev–Trinajstić information content (AvgIpc) is 3.16. The highest BCUT2D eigenvalue weighted by molar-refractivity contribution is 6.22. The van der Waals surface area contributed by atoms with E-state index in [4.69, 9.17) is 4.42 Å². The summed E-state index contributed by atoms with van der Waals surface area (Å²) in [5.41, 5.74) is 1.73. The van der Waals surface area contributed by atoms with Gasteiger partial charge in [-0.2, -0.15) is 0 Å². The summed E-state index contributed by atoms with van der Waals surface area (Å²) in [4.78, 5) is 43.1. The predicted octanol–water partition coefficient (Wildman–Crippen LogP) is 3.65. The Balaban J connectivity index is 1.59. The minimum atomic E-state index is -0.352. The van der Waals surface area contributed by atoms with Crippen LogP contribution in [0.4, 0.5) is 0 Å². The summed E-state index contributed by atoms with van der Waals surface area (Å²) in [6, 6.07) is 4.41. The number of fused-ring (bicyclic) bond motifs is 1. The molecule has 1 aliphatic heterocycles. The largest absolute Gasteiger partial charge is 0.445 e. The molecule has 0 unspecified atom stereocenters. The lowest BCUT2D eigenvalue weighted by Gasteiger charge is -2.17. The normalized spacial score (nSPS) is 13.9. The summed E-state index contributed by atoms with van der Waals surface area (Å²) in [5, 5.41) is 2.87. The van der Waals surface area contributed by atoms with Crippen molar-refractivity contribution in [2.45, 2.75) is 65.8 Å². The Morgan fingerprint density at radius 3 is 2.43 bits per heavy atom. The first-order chi connectivity index (χ1) is 14.0. The number of carbonyl (C=O) groups is 3. The third-order valence-electron chi connectivity index (χ3n) is 5.10. The van der Waals surface area contributed by atoms with Gasteiger partial charge in [-0.15, -0.1) is 0 Å². The molecule has 160 valence electrons. The summed E-state index contributed by atoms with van der Waals surface area (Å²) in [5.74, 6) is 0.617. The first kappa shape index (κ1) is 21.7. The van der Waals surface area contributed by atoms with E-state index in [0.717, 1.165) is 11.5 Å². The van der Waals surface area contributed by atoms with Crippen LogP contribution in [-0.4, -0.2) is 40.2 Å². The van der Waals surface area contributed by atoms with Crippen LogP contribution in [0.2, 0.25) is 0 Å². The van der Waals surface area contributed by atoms with Gasteiger partial charge >= 0.3 is 0 Å². The van der Waals surface area contributed by atoms with Gasteiger partial charge in [0.15, 0.2) is 5.89 Å². The highest BCUT2D eigenvalue weighted by Crippen LogP contribution is 2.26. The van der Waals surface area contributed by atoms with Gasteiger partial charge in [-0.1, -0.05) is 20.8 Å². The van der Waals surface area contributed by atoms with Crippen molar-refractivity contribution in [3.05, 3.63) is 52.2 Å². The van der Waals surface area contributed by atoms with Gasteiger partial charge in [0, 0.05) is 30.0 Å². The number of nitrogens with one attached hydrogen (secondary N) is 1. The van der Waals surface area contributed by atoms with Crippen molar-refractivity contribution >= 4 is 17.7 Å². The van der Waals surface area contributed by atoms with Crippen LogP contribution >= 0.6 is 0 Å². The molecular weight excluding hydrogens is 382 g/mol. The molecule has 0 fully saturated rings. The van der Waals surface area contributed by atoms with Gasteiger partial charge in [-0.3, -0.25) is 19.3 Å². The van der Waals surface area contributed by atoms with Crippen LogP contribution in [0.25, 0.3) is 0 Å². The van der Waals surface area contributed by atoms with Gasteiger partial charge in [0.1, 0.15) is 5.76 Å². The Bertz CT molecular complexity index is 998. The van der Waals surface area contributed by atoms with E-state index in [-0.39, 0.29) is 34.7 Å². The van der Waals surface area contributed by atoms with Crippen LogP contribution in [0, 0.1) is 6.92 Å². The van der Waals surface area contributed by atoms with E-state index in [1.54, 1.807) is 26.0 Å². The minimum Gasteiger partial charge on any atom is -0.445 e. The third-order valence-corrected chi connectivity index (χ3v) is 5.10. The molecule has 0 bridgehead atoms. The number of carbonyl (C=O) groups excluding carboxylic acids is 3. The van der Waals surface area contributed by atoms with E-state index in [1.165, 1.54) is 11.0 Å². The van der Waals surface area contributed by atoms with Gasteiger partial charge in [0.2, 0.25) is 0 Å². The van der Waals surface area contributed by atoms with Gasteiger partial charge in [-0.25, -0.2) is 4.98 Å². The number of aryl methyl sites for hydroxylation is 2. The van der Waals surface area contributed by atoms with Crippen molar-refractivity contribution in [3.8, 4) is 0 Å². The van der Waals surface area contributed by atoms with Crippen molar-refractivity contribution in [1.29, 1.82) is 0 Å². The van der Waals surface area contributed by atoms with Crippen molar-refractivity contribution in [3.63, 3.8) is 0 Å². The lowest BCUT2D eigenvalue weighted by Crippen LogP contribution is -2.35. The van der Waals surface area contributed by atoms with Crippen LogP contribution in [-0.2, 0) is 11.8 Å². The molecular formula is C23H29N3O4. The Kier molecular flexibility index (Phi) is 5.83. The fraction of sp³-hybridized carbons (Fsp3) is 0.478. The number of oxazole rings is 1. The molecule has 3 rings (SSSR count). The molecule has 3 amide bonds. The first-order valence-electron chi connectivity index (χ1n) is 10.3. The second-order valence-electron chi connectivity index (χ2n) is 8.97. The molecule has 7 heteroatoms. The molecule has 0 saturated carbocycles. The summed E-state index contributed by atoms with van der Waals surface area (Å²) in [7, 11) is 0. The molecule has 1 aliphatic rings. The number of imide groups is 1. The Hall–Kier alpha value is -2.96. The third kappa shape index (κ3) is 4.15. The first-order valence-corrected chi connectivity index (χ1v) is 10.3. The number of hydrogen-bond donors (Lipinski definition) is 1. The molecule has 7 nitrogen and oxygen atoms in total. The van der Waals surface area contributed by atoms with Gasteiger partial charge in [-0.05, 0) is 45.4 Å². The van der Waals surface area contributed by atoms with Crippen molar-refractivity contribution in [2.24, 2.45) is 0 Å². The van der Waals surface area contributed by atoms with Gasteiger partial charge < -0.3 is 9.73 Å². The van der Waals surface area contributed by atoms with Crippen LogP contribution in [0.5, 0.6) is 0 Å². The van der Waals surface area contributed by atoms with Gasteiger partial charge in [0.05, 0.1) is 16.8 Å². The lowest BCUT2D eigenvalue weighted by molar-refractivity contribution is 0.0609. The fourth-order valence-corrected chi connectivity index (χ4v) is 3.40. The molecule has 1 aromatic heterocycles. The molecule has 0 aliphatic carbocycles. The Morgan fingerprint density at radius 1 is 1.17 bits per heavy atom. The van der Waals surface area contributed by atoms with E-state index >= 15 is 0 Å². The highest BCUT2D eigenvalue weighted by atomic mass is 16.4. The highest BCUT2D eigenvalue weighted by Gasteiger charge is 2.37. The average molecular weight is 412 g/mol. The number of benzene rings is 1. The fourth-order valence-electron chi connectivity index (χ4n) is 3.40. The van der Waals surface area contributed by atoms with Crippen LogP contribution in [0.1, 0.15) is 89.5 Å². The summed E-state index contributed by atoms with van der Waals surface area (Å²) in [6.07, 6.45) is 1.38. The Labute approximate surface area is 176 Å². The maximum absolute atomic E-state index is 12.5. The lowest BCUT2D eigenvalue weighted by atomic mass is 9.97. The standard InChI is InChI=1S/C23H29N3O4/c1-13(2)26-20(28)16-10-9-15(12-17(16)21(26)29)19(27)24-11-7-8-18-14(3)25-22(30-18)23(4,5)6/h9-10,12-13H,7-8,11H2,1-6H3,(H,24,27). The monoisotopic (exact) mass is 411 g/mol. The summed E-state index contributed by atoms with van der Waals surface area (Å²) in [6.45, 7) is 12.1. The number of nitrogens with zero attached hydrogens (tertiary/aromatic N) is 2. The van der Waals surface area contributed by atoms with E-state index in [2.05, 4.69) is 31.1 Å². The van der Waals surface area contributed by atoms with Gasteiger partial charge in [0.25, 0.3) is 17.7 Å². The SMILES string of the molecule is Cc1nc(C(C)(C)C)oc1CCCNC(=O)c1ccc2c(c1)C(=O)N(C(C)C)C2=O. The predicted molar refractivity (Wildman–Crippen MR) is 113 cm³/mol. The molecule has 0 atom stereocenters. The smallest absolute Gasteiger partial charge is 0.261 e. The number of rotatable bonds is 6. The maximum Gasteiger partial charge on any atom is 0.261 e. The summed E-state index contributed by atoms with van der Waals surface area (Å²) >= 11 is 0. The minimum absolute atomic E-state index is 0.144. The Morgan fingerprint density at radius 2 is 1.83 bits per heavy atom. The van der Waals surface area contributed by atoms with Crippen molar-refractivity contribution < 1.29 is 18.8 Å². The molecule has 2 aromatic rings. The zero-order chi connectivity index (χ0) is 22.2. The molecule has 0 spiro atoms. The van der Waals surface area contributed by atoms with E-state index in [1.807, 2.05) is 6.92 Å². The van der Waals surface area contributed by atoms with Crippen LogP contribution in [0.3, 0.4) is 0 Å². The molecule has 0 saturated heterocycles. The number of aromatic nitrogens is 1. The summed E-state index contributed by atoms with van der Waals surface area (Å²) < 4.78 is 5.87. The maximum atomic E-state index is 12.5. The zero-order valence-corrected chi connectivity index (χ0v) is 18.5. The number of amides is 3. The van der Waals surface area contributed by atoms with E-state index in [0.29, 0.717) is 36.4 Å². The number of hydrogen-bond acceptors (Lipinski definition) is 5. The second kappa shape index (κ2) is 8.05. The van der Waals surface area contributed by atoms with Crippen molar-refractivity contribution in [2.75, 3.05) is 6.54 Å². The van der Waals surface area contributed by atoms with Crippen molar-refractivity contribution in [1.82, 2.24) is 15.2 Å². The quantitative estimate of drug-likeness (QED) is 0.579. The van der Waals surface area contributed by atoms with E-state index in [9.17, 15) is 14.4 Å².